The van der Waals surface area contributed by atoms with E-state index in [1.807, 2.05) is 19.9 Å². The summed E-state index contributed by atoms with van der Waals surface area (Å²) in [6, 6.07) is 6.50. The molecule has 3 heteroatoms. The summed E-state index contributed by atoms with van der Waals surface area (Å²) in [7, 11) is 0. The third kappa shape index (κ3) is 2.54. The fourth-order valence-electron chi connectivity index (χ4n) is 1.54. The zero-order valence-corrected chi connectivity index (χ0v) is 9.05. The lowest BCUT2D eigenvalue weighted by molar-refractivity contribution is 0.486. The summed E-state index contributed by atoms with van der Waals surface area (Å²) in [6.07, 6.45) is 0.809. The van der Waals surface area contributed by atoms with Crippen LogP contribution in [0.1, 0.15) is 31.4 Å². The van der Waals surface area contributed by atoms with Crippen molar-refractivity contribution in [2.24, 2.45) is 5.73 Å². The van der Waals surface area contributed by atoms with Crippen LogP contribution in [0.3, 0.4) is 0 Å². The summed E-state index contributed by atoms with van der Waals surface area (Å²) in [5, 5.41) is 8.72. The van der Waals surface area contributed by atoms with Crippen LogP contribution in [-0.2, 0) is 5.41 Å². The fraction of sp³-hybridized carbons (Fsp3) is 0.417. The highest BCUT2D eigenvalue weighted by Gasteiger charge is 2.20. The second-order valence-electron chi connectivity index (χ2n) is 4.23. The Hall–Kier alpha value is -1.40. The largest absolute Gasteiger partial charge is 0.330 e. The molecule has 80 valence electrons. The van der Waals surface area contributed by atoms with Crippen LogP contribution in [0, 0.1) is 17.1 Å². The van der Waals surface area contributed by atoms with E-state index >= 15 is 0 Å². The molecule has 0 heterocycles. The smallest absolute Gasteiger partial charge is 0.140 e. The van der Waals surface area contributed by atoms with Gasteiger partial charge in [-0.3, -0.25) is 0 Å². The number of nitrogens with two attached hydrogens (primary N) is 1. The Morgan fingerprint density at radius 1 is 1.47 bits per heavy atom. The fourth-order valence-corrected chi connectivity index (χ4v) is 1.54. The minimum absolute atomic E-state index is 0.0950. The normalized spacial score (nSPS) is 11.1. The van der Waals surface area contributed by atoms with Crippen molar-refractivity contribution < 1.29 is 4.39 Å². The first-order valence-corrected chi connectivity index (χ1v) is 4.91. The highest BCUT2D eigenvalue weighted by atomic mass is 19.1. The maximum absolute atomic E-state index is 13.1. The molecule has 1 aromatic rings. The molecule has 0 atom stereocenters. The molecular weight excluding hydrogens is 191 g/mol. The molecular formula is C12H15FN2. The van der Waals surface area contributed by atoms with Gasteiger partial charge in [0.25, 0.3) is 0 Å². The van der Waals surface area contributed by atoms with Crippen LogP contribution in [0.4, 0.5) is 4.39 Å². The van der Waals surface area contributed by atoms with E-state index in [2.05, 4.69) is 0 Å². The van der Waals surface area contributed by atoms with Gasteiger partial charge in [-0.05, 0) is 36.1 Å². The first-order chi connectivity index (χ1) is 7.01. The van der Waals surface area contributed by atoms with E-state index in [0.717, 1.165) is 12.0 Å². The van der Waals surface area contributed by atoms with Gasteiger partial charge in [0.05, 0.1) is 5.56 Å². The van der Waals surface area contributed by atoms with Gasteiger partial charge in [0.15, 0.2) is 0 Å². The number of hydrogen-bond donors (Lipinski definition) is 1. The van der Waals surface area contributed by atoms with Gasteiger partial charge in [-0.2, -0.15) is 5.26 Å². The molecule has 1 aromatic carbocycles. The van der Waals surface area contributed by atoms with Crippen molar-refractivity contribution in [2.45, 2.75) is 25.7 Å². The van der Waals surface area contributed by atoms with Crippen LogP contribution >= 0.6 is 0 Å². The van der Waals surface area contributed by atoms with Gasteiger partial charge < -0.3 is 5.73 Å². The zero-order valence-electron chi connectivity index (χ0n) is 9.05. The zero-order chi connectivity index (χ0) is 11.5. The second-order valence-corrected chi connectivity index (χ2v) is 4.23. The summed E-state index contributed by atoms with van der Waals surface area (Å²) < 4.78 is 13.1. The van der Waals surface area contributed by atoms with Crippen molar-refractivity contribution >= 4 is 0 Å². The van der Waals surface area contributed by atoms with Gasteiger partial charge >= 0.3 is 0 Å². The van der Waals surface area contributed by atoms with E-state index in [9.17, 15) is 4.39 Å². The lowest BCUT2D eigenvalue weighted by Crippen LogP contribution is -2.21. The quantitative estimate of drug-likeness (QED) is 0.825. The van der Waals surface area contributed by atoms with Crippen LogP contribution in [0.25, 0.3) is 0 Å². The second kappa shape index (κ2) is 4.41. The van der Waals surface area contributed by atoms with Gasteiger partial charge in [0.1, 0.15) is 11.9 Å². The molecule has 0 saturated carbocycles. The topological polar surface area (TPSA) is 49.8 Å². The Labute approximate surface area is 89.5 Å². The number of benzene rings is 1. The van der Waals surface area contributed by atoms with Gasteiger partial charge in [0.2, 0.25) is 0 Å². The molecule has 1 rings (SSSR count). The van der Waals surface area contributed by atoms with Crippen LogP contribution in [0.5, 0.6) is 0 Å². The number of nitriles is 1. The van der Waals surface area contributed by atoms with E-state index in [4.69, 9.17) is 11.0 Å². The molecule has 0 spiro atoms. The monoisotopic (exact) mass is 206 g/mol. The van der Waals surface area contributed by atoms with Crippen LogP contribution in [0.15, 0.2) is 18.2 Å². The Morgan fingerprint density at radius 2 is 2.13 bits per heavy atom. The summed E-state index contributed by atoms with van der Waals surface area (Å²) in [5.41, 5.74) is 6.44. The molecule has 0 saturated heterocycles. The van der Waals surface area contributed by atoms with Crippen molar-refractivity contribution in [3.63, 3.8) is 0 Å². The minimum Gasteiger partial charge on any atom is -0.330 e. The third-order valence-corrected chi connectivity index (χ3v) is 2.64. The Kier molecular flexibility index (Phi) is 3.43. The predicted octanol–water partition coefficient (Wildman–Crippen LogP) is 2.32. The van der Waals surface area contributed by atoms with Crippen molar-refractivity contribution in [2.75, 3.05) is 6.54 Å². The first-order valence-electron chi connectivity index (χ1n) is 4.91. The summed E-state index contributed by atoms with van der Waals surface area (Å²) >= 11 is 0. The van der Waals surface area contributed by atoms with E-state index in [0.29, 0.717) is 6.54 Å². The highest BCUT2D eigenvalue weighted by molar-refractivity contribution is 5.37. The number of rotatable bonds is 3. The van der Waals surface area contributed by atoms with E-state index < -0.39 is 5.82 Å². The number of hydrogen-bond acceptors (Lipinski definition) is 2. The minimum atomic E-state index is -0.468. The van der Waals surface area contributed by atoms with Gasteiger partial charge in [-0.25, -0.2) is 4.39 Å². The maximum atomic E-state index is 13.1. The Bertz CT molecular complexity index is 391. The molecule has 0 fully saturated rings. The van der Waals surface area contributed by atoms with Crippen LogP contribution < -0.4 is 5.73 Å². The van der Waals surface area contributed by atoms with E-state index in [1.54, 1.807) is 12.1 Å². The molecule has 0 aliphatic heterocycles. The van der Waals surface area contributed by atoms with Gasteiger partial charge in [0, 0.05) is 0 Å². The molecule has 0 aliphatic rings. The van der Waals surface area contributed by atoms with Crippen molar-refractivity contribution in [1.82, 2.24) is 0 Å². The molecule has 2 N–H and O–H groups in total. The third-order valence-electron chi connectivity index (χ3n) is 2.64. The summed E-state index contributed by atoms with van der Waals surface area (Å²) in [6.45, 7) is 4.65. The van der Waals surface area contributed by atoms with Gasteiger partial charge in [-0.1, -0.05) is 19.9 Å². The maximum Gasteiger partial charge on any atom is 0.140 e. The number of halogens is 1. The lowest BCUT2D eigenvalue weighted by atomic mass is 9.81. The molecule has 0 bridgehead atoms. The Balaban J connectivity index is 3.12. The van der Waals surface area contributed by atoms with Crippen molar-refractivity contribution in [3.8, 4) is 6.07 Å². The SMILES string of the molecule is CC(C)(CCN)c1ccc(F)c(C#N)c1. The van der Waals surface area contributed by atoms with Crippen molar-refractivity contribution in [3.05, 3.63) is 35.1 Å². The molecule has 0 aromatic heterocycles. The average molecular weight is 206 g/mol. The molecule has 0 unspecified atom stereocenters. The molecule has 0 aliphatic carbocycles. The van der Waals surface area contributed by atoms with Gasteiger partial charge in [-0.15, -0.1) is 0 Å². The first kappa shape index (κ1) is 11.7. The molecule has 0 amide bonds. The van der Waals surface area contributed by atoms with Crippen molar-refractivity contribution in [1.29, 1.82) is 5.26 Å². The highest BCUT2D eigenvalue weighted by Crippen LogP contribution is 2.27. The lowest BCUT2D eigenvalue weighted by Gasteiger charge is -2.24. The molecule has 15 heavy (non-hydrogen) atoms. The standard InChI is InChI=1S/C12H15FN2/c1-12(2,5-6-14)10-3-4-11(13)9(7-10)8-15/h3-4,7H,5-6,14H2,1-2H3. The van der Waals surface area contributed by atoms with Crippen LogP contribution in [-0.4, -0.2) is 6.54 Å². The van der Waals surface area contributed by atoms with E-state index in [1.165, 1.54) is 6.07 Å². The molecule has 2 nitrogen and oxygen atoms in total. The number of nitrogens with zero attached hydrogens (tertiary/aromatic N) is 1. The summed E-state index contributed by atoms with van der Waals surface area (Å²) in [5.74, 6) is -0.468. The summed E-state index contributed by atoms with van der Waals surface area (Å²) in [4.78, 5) is 0. The Morgan fingerprint density at radius 3 is 2.67 bits per heavy atom. The van der Waals surface area contributed by atoms with Crippen LogP contribution in [0.2, 0.25) is 0 Å². The predicted molar refractivity (Wildman–Crippen MR) is 57.8 cm³/mol. The van der Waals surface area contributed by atoms with E-state index in [-0.39, 0.29) is 11.0 Å². The molecule has 0 radical (unpaired) electrons. The average Bonchev–Trinajstić information content (AvgIpc) is 2.18.